The van der Waals surface area contributed by atoms with Gasteiger partial charge in [0.05, 0.1) is 12.0 Å². The van der Waals surface area contributed by atoms with Gasteiger partial charge in [-0.25, -0.2) is 4.39 Å². The van der Waals surface area contributed by atoms with Crippen LogP contribution in [0.4, 0.5) is 14.5 Å². The molecule has 0 atom stereocenters. The molecule has 0 aliphatic carbocycles. The van der Waals surface area contributed by atoms with E-state index in [1.807, 2.05) is 0 Å². The Hall–Kier alpha value is -1.24. The fourth-order valence-corrected chi connectivity index (χ4v) is 1.44. The topological polar surface area (TPSA) is 52.4 Å². The molecule has 1 aromatic rings. The fourth-order valence-electron chi connectivity index (χ4n) is 0.917. The number of nitro benzene ring substituents is 1. The van der Waals surface area contributed by atoms with E-state index in [4.69, 9.17) is 0 Å². The van der Waals surface area contributed by atoms with Gasteiger partial charge < -0.3 is 4.74 Å². The molecule has 0 aliphatic rings. The molecule has 0 aromatic heterocycles. The Morgan fingerprint density at radius 3 is 2.57 bits per heavy atom. The average molecular weight is 268 g/mol. The van der Waals surface area contributed by atoms with E-state index in [0.717, 1.165) is 13.2 Å². The van der Waals surface area contributed by atoms with E-state index in [2.05, 4.69) is 20.7 Å². The standard InChI is InChI=1S/C7H4BrF2NO3/c1-14-7-4(9)2-3(8)6(5(7)10)11(12)13/h2H,1H3. The number of nitrogens with zero attached hydrogens (tertiary/aromatic N) is 1. The number of methoxy groups -OCH3 is 1. The Bertz CT molecular complexity index is 397. The summed E-state index contributed by atoms with van der Waals surface area (Å²) in [4.78, 5) is 9.42. The second-order valence-electron chi connectivity index (χ2n) is 2.29. The number of hydrogen-bond acceptors (Lipinski definition) is 3. The minimum absolute atomic E-state index is 0.265. The minimum Gasteiger partial charge on any atom is -0.491 e. The number of nitro groups is 1. The monoisotopic (exact) mass is 267 g/mol. The lowest BCUT2D eigenvalue weighted by molar-refractivity contribution is -0.388. The van der Waals surface area contributed by atoms with Gasteiger partial charge in [-0.3, -0.25) is 10.1 Å². The van der Waals surface area contributed by atoms with Crippen molar-refractivity contribution in [1.29, 1.82) is 0 Å². The van der Waals surface area contributed by atoms with Gasteiger partial charge in [-0.15, -0.1) is 0 Å². The van der Waals surface area contributed by atoms with Crippen LogP contribution in [0.15, 0.2) is 10.5 Å². The molecule has 0 aliphatic heterocycles. The first-order valence-electron chi connectivity index (χ1n) is 3.35. The number of rotatable bonds is 2. The molecule has 4 nitrogen and oxygen atoms in total. The van der Waals surface area contributed by atoms with Gasteiger partial charge >= 0.3 is 5.69 Å². The lowest BCUT2D eigenvalue weighted by atomic mass is 10.3. The Labute approximate surface area is 85.8 Å². The summed E-state index contributed by atoms with van der Waals surface area (Å²) in [5, 5.41) is 10.4. The molecule has 0 heterocycles. The maximum atomic E-state index is 13.2. The van der Waals surface area contributed by atoms with Gasteiger partial charge in [-0.1, -0.05) is 0 Å². The molecular weight excluding hydrogens is 264 g/mol. The van der Waals surface area contributed by atoms with E-state index in [1.165, 1.54) is 0 Å². The van der Waals surface area contributed by atoms with Crippen molar-refractivity contribution in [3.63, 3.8) is 0 Å². The van der Waals surface area contributed by atoms with Crippen LogP contribution in [0.3, 0.4) is 0 Å². The Morgan fingerprint density at radius 2 is 2.14 bits per heavy atom. The normalized spacial score (nSPS) is 10.0. The van der Waals surface area contributed by atoms with Crippen LogP contribution in [0.25, 0.3) is 0 Å². The molecule has 0 amide bonds. The number of halogens is 3. The molecule has 0 radical (unpaired) electrons. The third-order valence-corrected chi connectivity index (χ3v) is 2.10. The molecule has 1 aromatic carbocycles. The minimum atomic E-state index is -1.33. The number of ether oxygens (including phenoxy) is 1. The first kappa shape index (κ1) is 10.8. The van der Waals surface area contributed by atoms with Crippen molar-refractivity contribution >= 4 is 21.6 Å². The maximum Gasteiger partial charge on any atom is 0.322 e. The van der Waals surface area contributed by atoms with E-state index >= 15 is 0 Å². The maximum absolute atomic E-state index is 13.2. The van der Waals surface area contributed by atoms with Crippen molar-refractivity contribution in [3.05, 3.63) is 32.3 Å². The lowest BCUT2D eigenvalue weighted by Crippen LogP contribution is -1.99. The van der Waals surface area contributed by atoms with E-state index in [0.29, 0.717) is 0 Å². The summed E-state index contributed by atoms with van der Waals surface area (Å²) < 4.78 is 30.2. The highest BCUT2D eigenvalue weighted by Gasteiger charge is 2.26. The van der Waals surface area contributed by atoms with Crippen LogP contribution in [0.5, 0.6) is 5.75 Å². The average Bonchev–Trinajstić information content (AvgIpc) is 2.02. The lowest BCUT2D eigenvalue weighted by Gasteiger charge is -2.04. The van der Waals surface area contributed by atoms with Crippen LogP contribution in [-0.4, -0.2) is 12.0 Å². The van der Waals surface area contributed by atoms with Gasteiger partial charge in [0.15, 0.2) is 11.6 Å². The molecule has 14 heavy (non-hydrogen) atoms. The summed E-state index contributed by atoms with van der Waals surface area (Å²) in [6, 6.07) is 0.778. The van der Waals surface area contributed by atoms with Crippen molar-refractivity contribution in [2.45, 2.75) is 0 Å². The van der Waals surface area contributed by atoms with E-state index in [9.17, 15) is 18.9 Å². The van der Waals surface area contributed by atoms with Crippen LogP contribution in [-0.2, 0) is 0 Å². The molecule has 0 N–H and O–H groups in total. The van der Waals surface area contributed by atoms with Crippen LogP contribution < -0.4 is 4.74 Å². The fraction of sp³-hybridized carbons (Fsp3) is 0.143. The van der Waals surface area contributed by atoms with Gasteiger partial charge in [0.2, 0.25) is 5.82 Å². The molecule has 7 heteroatoms. The van der Waals surface area contributed by atoms with Crippen LogP contribution in [0.2, 0.25) is 0 Å². The summed E-state index contributed by atoms with van der Waals surface area (Å²) in [6.07, 6.45) is 0. The molecule has 0 fully saturated rings. The summed E-state index contributed by atoms with van der Waals surface area (Å²) >= 11 is 2.68. The predicted molar refractivity (Wildman–Crippen MR) is 47.3 cm³/mol. The van der Waals surface area contributed by atoms with Gasteiger partial charge in [-0.2, -0.15) is 4.39 Å². The van der Waals surface area contributed by atoms with Gasteiger partial charge in [0, 0.05) is 0 Å². The van der Waals surface area contributed by atoms with E-state index < -0.39 is 28.0 Å². The number of benzene rings is 1. The van der Waals surface area contributed by atoms with Gasteiger partial charge in [0.1, 0.15) is 4.47 Å². The van der Waals surface area contributed by atoms with Crippen LogP contribution in [0.1, 0.15) is 0 Å². The Kier molecular flexibility index (Phi) is 3.00. The van der Waals surface area contributed by atoms with Crippen molar-refractivity contribution < 1.29 is 18.4 Å². The zero-order chi connectivity index (χ0) is 10.9. The second-order valence-corrected chi connectivity index (χ2v) is 3.15. The molecule has 0 saturated carbocycles. The largest absolute Gasteiger partial charge is 0.491 e. The van der Waals surface area contributed by atoms with Crippen molar-refractivity contribution in [3.8, 4) is 5.75 Å². The van der Waals surface area contributed by atoms with E-state index in [-0.39, 0.29) is 4.47 Å². The predicted octanol–water partition coefficient (Wildman–Crippen LogP) is 2.64. The first-order valence-corrected chi connectivity index (χ1v) is 4.14. The first-order chi connectivity index (χ1) is 6.49. The SMILES string of the molecule is COc1c(F)cc(Br)c([N+](=O)[O-])c1F. The molecule has 0 spiro atoms. The number of hydrogen-bond donors (Lipinski definition) is 0. The highest BCUT2D eigenvalue weighted by molar-refractivity contribution is 9.10. The van der Waals surface area contributed by atoms with Crippen molar-refractivity contribution in [2.24, 2.45) is 0 Å². The van der Waals surface area contributed by atoms with Crippen LogP contribution in [0, 0.1) is 21.7 Å². The second kappa shape index (κ2) is 3.87. The Morgan fingerprint density at radius 1 is 1.57 bits per heavy atom. The summed E-state index contributed by atoms with van der Waals surface area (Å²) in [6.45, 7) is 0. The van der Waals surface area contributed by atoms with Gasteiger partial charge in [0.25, 0.3) is 0 Å². The van der Waals surface area contributed by atoms with E-state index in [1.54, 1.807) is 0 Å². The summed E-state index contributed by atoms with van der Waals surface area (Å²) in [5.41, 5.74) is -0.844. The van der Waals surface area contributed by atoms with Crippen molar-refractivity contribution in [2.75, 3.05) is 7.11 Å². The third-order valence-electron chi connectivity index (χ3n) is 1.49. The molecule has 0 unspecified atom stereocenters. The zero-order valence-electron chi connectivity index (χ0n) is 6.88. The van der Waals surface area contributed by atoms with Crippen LogP contribution >= 0.6 is 15.9 Å². The zero-order valence-corrected chi connectivity index (χ0v) is 8.47. The Balaban J connectivity index is 3.52. The van der Waals surface area contributed by atoms with Gasteiger partial charge in [-0.05, 0) is 22.0 Å². The highest BCUT2D eigenvalue weighted by atomic mass is 79.9. The smallest absolute Gasteiger partial charge is 0.322 e. The molecule has 0 saturated heterocycles. The molecular formula is C7H4BrF2NO3. The third kappa shape index (κ3) is 1.67. The summed E-state index contributed by atoms with van der Waals surface area (Å²) in [5.74, 6) is -3.09. The molecule has 0 bridgehead atoms. The highest BCUT2D eigenvalue weighted by Crippen LogP contribution is 2.35. The summed E-state index contributed by atoms with van der Waals surface area (Å²) in [7, 11) is 1.03. The van der Waals surface area contributed by atoms with Crippen molar-refractivity contribution in [1.82, 2.24) is 0 Å². The molecule has 76 valence electrons. The molecule has 1 rings (SSSR count). The quantitative estimate of drug-likeness (QED) is 0.612.